The van der Waals surface area contributed by atoms with Crippen molar-refractivity contribution >= 4 is 29.2 Å². The minimum absolute atomic E-state index is 0.403. The van der Waals surface area contributed by atoms with E-state index in [1.807, 2.05) is 0 Å². The van der Waals surface area contributed by atoms with Crippen molar-refractivity contribution in [3.63, 3.8) is 0 Å². The number of ether oxygens (including phenoxy) is 1. The Morgan fingerprint density at radius 1 is 1.10 bits per heavy atom. The first kappa shape index (κ1) is 15.1. The van der Waals surface area contributed by atoms with Crippen molar-refractivity contribution in [1.82, 2.24) is 0 Å². The first-order valence-electron chi connectivity index (χ1n) is 6.39. The van der Waals surface area contributed by atoms with Crippen LogP contribution in [0.15, 0.2) is 54.6 Å². The predicted octanol–water partition coefficient (Wildman–Crippen LogP) is 3.52. The number of amides is 1. The number of esters is 1. The van der Waals surface area contributed by atoms with E-state index < -0.39 is 18.0 Å². The number of hydrogen-bond acceptors (Lipinski definition) is 3. The minimum atomic E-state index is -0.906. The second-order valence-electron chi connectivity index (χ2n) is 4.41. The van der Waals surface area contributed by atoms with Crippen LogP contribution in [0, 0.1) is 0 Å². The standard InChI is InChI=1S/C16H14ClNO3/c1-11(21-16(20)12-6-3-2-4-7-12)15(19)18-14-9-5-8-13(17)10-14/h2-11H,1H3,(H,18,19)/t11-/m1/s1. The number of nitrogens with one attached hydrogen (secondary N) is 1. The molecule has 0 spiro atoms. The number of halogens is 1. The van der Waals surface area contributed by atoms with Crippen molar-refractivity contribution in [2.75, 3.05) is 5.32 Å². The number of carbonyl (C=O) groups is 2. The summed E-state index contributed by atoms with van der Waals surface area (Å²) < 4.78 is 5.12. The SMILES string of the molecule is C[C@@H](OC(=O)c1ccccc1)C(=O)Nc1cccc(Cl)c1. The second-order valence-corrected chi connectivity index (χ2v) is 4.85. The first-order chi connectivity index (χ1) is 10.1. The number of carbonyl (C=O) groups excluding carboxylic acids is 2. The molecule has 21 heavy (non-hydrogen) atoms. The fourth-order valence-electron chi connectivity index (χ4n) is 1.67. The lowest BCUT2D eigenvalue weighted by atomic mass is 10.2. The normalized spacial score (nSPS) is 11.5. The molecule has 0 aromatic heterocycles. The molecule has 0 heterocycles. The summed E-state index contributed by atoms with van der Waals surface area (Å²) in [6.07, 6.45) is -0.906. The zero-order chi connectivity index (χ0) is 15.2. The van der Waals surface area contributed by atoms with Gasteiger partial charge in [-0.1, -0.05) is 35.9 Å². The quantitative estimate of drug-likeness (QED) is 0.879. The monoisotopic (exact) mass is 303 g/mol. The Labute approximate surface area is 127 Å². The molecule has 5 heteroatoms. The molecule has 2 aromatic carbocycles. The minimum Gasteiger partial charge on any atom is -0.449 e. The van der Waals surface area contributed by atoms with Gasteiger partial charge in [0, 0.05) is 10.7 Å². The average molecular weight is 304 g/mol. The van der Waals surface area contributed by atoms with Gasteiger partial charge in [-0.15, -0.1) is 0 Å². The number of benzene rings is 2. The molecule has 1 atom stereocenters. The lowest BCUT2D eigenvalue weighted by Crippen LogP contribution is -2.29. The van der Waals surface area contributed by atoms with Crippen molar-refractivity contribution in [3.05, 3.63) is 65.2 Å². The number of anilines is 1. The van der Waals surface area contributed by atoms with Crippen LogP contribution in [0.1, 0.15) is 17.3 Å². The van der Waals surface area contributed by atoms with Crippen molar-refractivity contribution in [2.24, 2.45) is 0 Å². The van der Waals surface area contributed by atoms with E-state index in [1.165, 1.54) is 6.92 Å². The fourth-order valence-corrected chi connectivity index (χ4v) is 1.86. The molecule has 1 N–H and O–H groups in total. The van der Waals surface area contributed by atoms with E-state index in [9.17, 15) is 9.59 Å². The Bertz CT molecular complexity index is 643. The van der Waals surface area contributed by atoms with Crippen LogP contribution in [-0.2, 0) is 9.53 Å². The van der Waals surface area contributed by atoms with Gasteiger partial charge in [0.1, 0.15) is 0 Å². The summed E-state index contributed by atoms with van der Waals surface area (Å²) in [4.78, 5) is 23.8. The van der Waals surface area contributed by atoms with Crippen LogP contribution in [0.3, 0.4) is 0 Å². The molecule has 0 bridgehead atoms. The number of hydrogen-bond donors (Lipinski definition) is 1. The Morgan fingerprint density at radius 3 is 2.48 bits per heavy atom. The van der Waals surface area contributed by atoms with E-state index in [0.717, 1.165) is 0 Å². The third kappa shape index (κ3) is 4.33. The molecule has 2 aromatic rings. The fraction of sp³-hybridized carbons (Fsp3) is 0.125. The average Bonchev–Trinajstić information content (AvgIpc) is 2.48. The van der Waals surface area contributed by atoms with E-state index in [1.54, 1.807) is 54.6 Å². The van der Waals surface area contributed by atoms with Crippen LogP contribution in [0.4, 0.5) is 5.69 Å². The number of rotatable bonds is 4. The summed E-state index contributed by atoms with van der Waals surface area (Å²) in [5.74, 6) is -0.953. The molecule has 0 saturated heterocycles. The zero-order valence-electron chi connectivity index (χ0n) is 11.4. The molecule has 0 aliphatic rings. The highest BCUT2D eigenvalue weighted by atomic mass is 35.5. The zero-order valence-corrected chi connectivity index (χ0v) is 12.1. The summed E-state index contributed by atoms with van der Waals surface area (Å²) in [5.41, 5.74) is 0.954. The van der Waals surface area contributed by atoms with Gasteiger partial charge < -0.3 is 10.1 Å². The lowest BCUT2D eigenvalue weighted by Gasteiger charge is -2.13. The molecule has 0 radical (unpaired) electrons. The highest BCUT2D eigenvalue weighted by molar-refractivity contribution is 6.30. The van der Waals surface area contributed by atoms with E-state index in [0.29, 0.717) is 16.3 Å². The lowest BCUT2D eigenvalue weighted by molar-refractivity contribution is -0.123. The molecular formula is C16H14ClNO3. The van der Waals surface area contributed by atoms with Gasteiger partial charge >= 0.3 is 5.97 Å². The van der Waals surface area contributed by atoms with Gasteiger partial charge in [0.2, 0.25) is 0 Å². The Morgan fingerprint density at radius 2 is 1.81 bits per heavy atom. The van der Waals surface area contributed by atoms with E-state index in [-0.39, 0.29) is 0 Å². The molecule has 0 unspecified atom stereocenters. The van der Waals surface area contributed by atoms with Crippen molar-refractivity contribution < 1.29 is 14.3 Å². The van der Waals surface area contributed by atoms with Gasteiger partial charge in [0.25, 0.3) is 5.91 Å². The molecule has 0 saturated carbocycles. The van der Waals surface area contributed by atoms with Gasteiger partial charge in [-0.3, -0.25) is 4.79 Å². The Balaban J connectivity index is 1.95. The second kappa shape index (κ2) is 6.90. The van der Waals surface area contributed by atoms with Gasteiger partial charge in [-0.05, 0) is 37.3 Å². The summed E-state index contributed by atoms with van der Waals surface area (Å²) in [5, 5.41) is 3.15. The highest BCUT2D eigenvalue weighted by Gasteiger charge is 2.18. The van der Waals surface area contributed by atoms with E-state index in [4.69, 9.17) is 16.3 Å². The van der Waals surface area contributed by atoms with Crippen LogP contribution in [0.5, 0.6) is 0 Å². The first-order valence-corrected chi connectivity index (χ1v) is 6.76. The van der Waals surface area contributed by atoms with Crippen LogP contribution in [0.2, 0.25) is 5.02 Å². The third-order valence-electron chi connectivity index (χ3n) is 2.75. The van der Waals surface area contributed by atoms with Crippen molar-refractivity contribution in [3.8, 4) is 0 Å². The third-order valence-corrected chi connectivity index (χ3v) is 2.99. The maximum atomic E-state index is 12.0. The van der Waals surface area contributed by atoms with Crippen molar-refractivity contribution in [1.29, 1.82) is 0 Å². The van der Waals surface area contributed by atoms with Crippen LogP contribution < -0.4 is 5.32 Å². The molecule has 0 fully saturated rings. The summed E-state index contributed by atoms with van der Waals surface area (Å²) in [7, 11) is 0. The van der Waals surface area contributed by atoms with Gasteiger partial charge in [0.05, 0.1) is 5.56 Å². The van der Waals surface area contributed by atoms with Crippen LogP contribution in [0.25, 0.3) is 0 Å². The highest BCUT2D eigenvalue weighted by Crippen LogP contribution is 2.15. The Hall–Kier alpha value is -2.33. The molecule has 1 amide bonds. The van der Waals surface area contributed by atoms with Gasteiger partial charge in [0.15, 0.2) is 6.10 Å². The molecule has 108 valence electrons. The predicted molar refractivity (Wildman–Crippen MR) is 81.4 cm³/mol. The largest absolute Gasteiger partial charge is 0.449 e. The Kier molecular flexibility index (Phi) is 4.95. The molecule has 0 aliphatic heterocycles. The van der Waals surface area contributed by atoms with Crippen molar-refractivity contribution in [2.45, 2.75) is 13.0 Å². The topological polar surface area (TPSA) is 55.4 Å². The smallest absolute Gasteiger partial charge is 0.338 e. The molecular weight excluding hydrogens is 290 g/mol. The van der Waals surface area contributed by atoms with E-state index in [2.05, 4.69) is 5.32 Å². The molecule has 0 aliphatic carbocycles. The summed E-state index contributed by atoms with van der Waals surface area (Å²) in [6, 6.07) is 15.3. The maximum Gasteiger partial charge on any atom is 0.338 e. The van der Waals surface area contributed by atoms with Crippen LogP contribution >= 0.6 is 11.6 Å². The maximum absolute atomic E-state index is 12.0. The summed E-state index contributed by atoms with van der Waals surface area (Å²) in [6.45, 7) is 1.51. The summed E-state index contributed by atoms with van der Waals surface area (Å²) >= 11 is 5.84. The molecule has 4 nitrogen and oxygen atoms in total. The van der Waals surface area contributed by atoms with Crippen LogP contribution in [-0.4, -0.2) is 18.0 Å². The van der Waals surface area contributed by atoms with Gasteiger partial charge in [-0.2, -0.15) is 0 Å². The van der Waals surface area contributed by atoms with Gasteiger partial charge in [-0.25, -0.2) is 4.79 Å². The van der Waals surface area contributed by atoms with E-state index >= 15 is 0 Å². The molecule has 2 rings (SSSR count).